The molecule has 0 aromatic heterocycles. The van der Waals surface area contributed by atoms with Gasteiger partial charge in [0.1, 0.15) is 0 Å². The first-order valence-electron chi connectivity index (χ1n) is 8.92. The van der Waals surface area contributed by atoms with Gasteiger partial charge in [0.05, 0.1) is 16.2 Å². The third kappa shape index (κ3) is 19.5. The standard InChI is InChI=1S/C6H7.3C5H10O2.Zr/c1-6-4-2-3-5-6;3*1-5(2,3)4(6)7;/h2,4H,3H2,1H3;3*1-3H3,(H,6,7);. The molecule has 6 nitrogen and oxygen atoms in total. The van der Waals surface area contributed by atoms with Crippen LogP contribution in [0.2, 0.25) is 0 Å². The van der Waals surface area contributed by atoms with E-state index in [1.165, 1.54) is 12.0 Å². The van der Waals surface area contributed by atoms with E-state index in [-0.39, 0.29) is 0 Å². The maximum atomic E-state index is 10.0. The molecule has 7 heteroatoms. The minimum atomic E-state index is -0.757. The van der Waals surface area contributed by atoms with Crippen LogP contribution in [0.4, 0.5) is 0 Å². The minimum absolute atomic E-state index is 0.583. The molecule has 0 saturated heterocycles. The molecule has 0 unspecified atom stereocenters. The second kappa shape index (κ2) is 13.1. The molecule has 0 fully saturated rings. The molecule has 0 bridgehead atoms. The van der Waals surface area contributed by atoms with Crippen molar-refractivity contribution in [3.8, 4) is 0 Å². The molecule has 1 aliphatic rings. The van der Waals surface area contributed by atoms with Crippen LogP contribution in [0.3, 0.4) is 0 Å². The number of carboxylic acid groups (broad SMARTS) is 3. The molecule has 3 N–H and O–H groups in total. The Morgan fingerprint density at radius 3 is 1.00 bits per heavy atom. The zero-order chi connectivity index (χ0) is 23.5. The van der Waals surface area contributed by atoms with Crippen LogP contribution in [0, 0.1) is 16.2 Å². The molecule has 161 valence electrons. The fourth-order valence-corrected chi connectivity index (χ4v) is 1.11. The van der Waals surface area contributed by atoms with Crippen molar-refractivity contribution >= 4 is 17.9 Å². The molecule has 0 saturated carbocycles. The van der Waals surface area contributed by atoms with Gasteiger partial charge in [0.15, 0.2) is 0 Å². The predicted octanol–water partition coefficient (Wildman–Crippen LogP) is 5.12. The number of rotatable bonds is 0. The Morgan fingerprint density at radius 2 is 0.964 bits per heavy atom. The molecule has 0 radical (unpaired) electrons. The zero-order valence-electron chi connectivity index (χ0n) is 18.9. The monoisotopic (exact) mass is 475 g/mol. The molecular weight excluding hydrogens is 439 g/mol. The number of allylic oxidation sites excluding steroid dienone is 4. The van der Waals surface area contributed by atoms with E-state index in [2.05, 4.69) is 19.1 Å². The molecule has 0 aromatic rings. The molecule has 1 rings (SSSR count). The Labute approximate surface area is 185 Å². The second-order valence-electron chi connectivity index (χ2n) is 9.43. The normalized spacial score (nSPS) is 13.2. The molecule has 0 atom stereocenters. The number of carboxylic acids is 3. The van der Waals surface area contributed by atoms with Gasteiger partial charge in [0.25, 0.3) is 0 Å². The first kappa shape index (κ1) is 31.5. The summed E-state index contributed by atoms with van der Waals surface area (Å²) in [6.45, 7) is 17.1. The van der Waals surface area contributed by atoms with Crippen molar-refractivity contribution in [1.29, 1.82) is 0 Å². The molecule has 28 heavy (non-hydrogen) atoms. The summed E-state index contributed by atoms with van der Waals surface area (Å²) in [5, 5.41) is 24.8. The van der Waals surface area contributed by atoms with E-state index in [1.54, 1.807) is 90.3 Å². The summed E-state index contributed by atoms with van der Waals surface area (Å²) in [5.41, 5.74) is -0.266. The van der Waals surface area contributed by atoms with Crippen molar-refractivity contribution in [2.24, 2.45) is 16.2 Å². The summed E-state index contributed by atoms with van der Waals surface area (Å²) in [6.07, 6.45) is 5.63. The van der Waals surface area contributed by atoms with Crippen LogP contribution < -0.4 is 0 Å². The summed E-state index contributed by atoms with van der Waals surface area (Å²) in [6, 6.07) is 0. The molecule has 1 aliphatic carbocycles. The van der Waals surface area contributed by atoms with E-state index >= 15 is 0 Å². The summed E-state index contributed by atoms with van der Waals surface area (Å²) >= 11 is 1.58. The van der Waals surface area contributed by atoms with E-state index < -0.39 is 34.2 Å². The average Bonchev–Trinajstić information content (AvgIpc) is 2.81. The van der Waals surface area contributed by atoms with Gasteiger partial charge in [-0.15, -0.1) is 0 Å². The van der Waals surface area contributed by atoms with Crippen LogP contribution >= 0.6 is 0 Å². The van der Waals surface area contributed by atoms with Gasteiger partial charge in [-0.25, -0.2) is 0 Å². The first-order chi connectivity index (χ1) is 12.1. The average molecular weight is 477 g/mol. The number of aliphatic carboxylic acids is 3. The van der Waals surface area contributed by atoms with Gasteiger partial charge in [0, 0.05) is 0 Å². The van der Waals surface area contributed by atoms with Crippen molar-refractivity contribution < 1.29 is 54.4 Å². The fourth-order valence-electron chi connectivity index (χ4n) is 0.615. The third-order valence-electron chi connectivity index (χ3n) is 3.09. The Morgan fingerprint density at radius 1 is 0.750 bits per heavy atom. The molecule has 0 aromatic carbocycles. The molecule has 0 amide bonds. The second-order valence-corrected chi connectivity index (χ2v) is 10.9. The molecular formula is C21H37O6Zr. The van der Waals surface area contributed by atoms with Crippen molar-refractivity contribution in [3.05, 3.63) is 21.0 Å². The van der Waals surface area contributed by atoms with E-state index in [0.717, 1.165) is 0 Å². The molecule has 0 heterocycles. The third-order valence-corrected chi connectivity index (χ3v) is 4.56. The van der Waals surface area contributed by atoms with E-state index in [0.29, 0.717) is 0 Å². The Hall–Kier alpha value is -1.23. The first-order valence-corrected chi connectivity index (χ1v) is 10.1. The van der Waals surface area contributed by atoms with E-state index in [1.807, 2.05) is 0 Å². The van der Waals surface area contributed by atoms with Crippen molar-refractivity contribution in [3.63, 3.8) is 0 Å². The SMILES string of the molecule is CC(C)(C)C(=O)O.CC(C)(C)C(=O)O.CC(C)(C)C(=O)O.CC1=[C]([Zr])CC=C1. The summed E-state index contributed by atoms with van der Waals surface area (Å²) < 4.78 is 1.60. The van der Waals surface area contributed by atoms with Crippen LogP contribution in [0.25, 0.3) is 0 Å². The van der Waals surface area contributed by atoms with Gasteiger partial charge in [-0.3, -0.25) is 14.4 Å². The van der Waals surface area contributed by atoms with Crippen LogP contribution in [-0.2, 0) is 39.1 Å². The van der Waals surface area contributed by atoms with Crippen molar-refractivity contribution in [2.45, 2.75) is 75.7 Å². The number of hydrogen-bond acceptors (Lipinski definition) is 3. The van der Waals surface area contributed by atoms with Crippen molar-refractivity contribution in [1.82, 2.24) is 0 Å². The van der Waals surface area contributed by atoms with Crippen LogP contribution in [0.5, 0.6) is 0 Å². The Bertz CT molecular complexity index is 524. The summed E-state index contributed by atoms with van der Waals surface area (Å²) in [5.74, 6) is -2.27. The van der Waals surface area contributed by atoms with E-state index in [9.17, 15) is 14.4 Å². The Balaban J connectivity index is -0.000000298. The van der Waals surface area contributed by atoms with Crippen LogP contribution in [0.1, 0.15) is 75.7 Å². The fraction of sp³-hybridized carbons (Fsp3) is 0.667. The van der Waals surface area contributed by atoms with Gasteiger partial charge < -0.3 is 15.3 Å². The quantitative estimate of drug-likeness (QED) is 0.447. The Kier molecular flexibility index (Phi) is 14.7. The van der Waals surface area contributed by atoms with Gasteiger partial charge >= 0.3 is 77.0 Å². The maximum absolute atomic E-state index is 10.0. The van der Waals surface area contributed by atoms with Gasteiger partial charge in [0.2, 0.25) is 0 Å². The number of hydrogen-bond donors (Lipinski definition) is 3. The topological polar surface area (TPSA) is 112 Å². The molecule has 0 aliphatic heterocycles. The van der Waals surface area contributed by atoms with Gasteiger partial charge in [-0.05, 0) is 62.3 Å². The summed E-state index contributed by atoms with van der Waals surface area (Å²) in [4.78, 5) is 30.1. The molecule has 0 spiro atoms. The van der Waals surface area contributed by atoms with E-state index in [4.69, 9.17) is 15.3 Å². The summed E-state index contributed by atoms with van der Waals surface area (Å²) in [7, 11) is 0. The van der Waals surface area contributed by atoms with Gasteiger partial charge in [-0.1, -0.05) is 0 Å². The number of carbonyl (C=O) groups is 3. The van der Waals surface area contributed by atoms with Gasteiger partial charge in [-0.2, -0.15) is 0 Å². The predicted molar refractivity (Wildman–Crippen MR) is 108 cm³/mol. The zero-order valence-corrected chi connectivity index (χ0v) is 21.4. The van der Waals surface area contributed by atoms with Crippen molar-refractivity contribution in [2.75, 3.05) is 0 Å². The van der Waals surface area contributed by atoms with Crippen LogP contribution in [-0.4, -0.2) is 33.2 Å². The van der Waals surface area contributed by atoms with Crippen LogP contribution in [0.15, 0.2) is 21.0 Å².